The summed E-state index contributed by atoms with van der Waals surface area (Å²) in [6.07, 6.45) is 0. The first-order valence-corrected chi connectivity index (χ1v) is 11.8. The monoisotopic (exact) mass is 467 g/mol. The first kappa shape index (κ1) is 22.7. The molecule has 0 radical (unpaired) electrons. The van der Waals surface area contributed by atoms with Crippen LogP contribution in [0.5, 0.6) is 0 Å². The summed E-state index contributed by atoms with van der Waals surface area (Å²) in [5, 5.41) is 3.83. The molecule has 5 nitrogen and oxygen atoms in total. The van der Waals surface area contributed by atoms with Crippen LogP contribution in [-0.4, -0.2) is 13.4 Å². The summed E-state index contributed by atoms with van der Waals surface area (Å²) in [4.78, 5) is 4.09. The van der Waals surface area contributed by atoms with Gasteiger partial charge in [0, 0.05) is 17.1 Å². The number of hydrogen-bond acceptors (Lipinski definition) is 4. The average Bonchev–Trinajstić information content (AvgIpc) is 2.72. The molecule has 0 saturated carbocycles. The third kappa shape index (κ3) is 5.12. The lowest BCUT2D eigenvalue weighted by Gasteiger charge is -2.20. The van der Waals surface area contributed by atoms with Crippen molar-refractivity contribution in [3.63, 3.8) is 0 Å². The maximum Gasteiger partial charge on any atom is 0.262 e. The van der Waals surface area contributed by atoms with E-state index >= 15 is 0 Å². The van der Waals surface area contributed by atoms with Crippen LogP contribution in [0.25, 0.3) is 10.9 Å². The molecule has 33 heavy (non-hydrogen) atoms. The Labute approximate surface area is 191 Å². The molecule has 3 aromatic carbocycles. The first-order chi connectivity index (χ1) is 15.5. The summed E-state index contributed by atoms with van der Waals surface area (Å²) in [7, 11) is -4.20. The highest BCUT2D eigenvalue weighted by Gasteiger charge is 2.18. The lowest BCUT2D eigenvalue weighted by molar-refractivity contribution is 0.568. The number of benzene rings is 3. The van der Waals surface area contributed by atoms with Gasteiger partial charge in [-0.25, -0.2) is 22.2 Å². The lowest BCUT2D eigenvalue weighted by atomic mass is 9.87. The van der Waals surface area contributed by atoms with Crippen molar-refractivity contribution in [2.75, 3.05) is 10.0 Å². The maximum absolute atomic E-state index is 13.5. The van der Waals surface area contributed by atoms with Gasteiger partial charge in [-0.05, 0) is 59.5 Å². The molecule has 4 rings (SSSR count). The average molecular weight is 468 g/mol. The second-order valence-electron chi connectivity index (χ2n) is 8.74. The van der Waals surface area contributed by atoms with Crippen molar-refractivity contribution in [2.24, 2.45) is 0 Å². The first-order valence-electron chi connectivity index (χ1n) is 10.3. The van der Waals surface area contributed by atoms with Gasteiger partial charge in [-0.1, -0.05) is 39.0 Å². The number of nitrogens with zero attached hydrogens (tertiary/aromatic N) is 1. The molecule has 0 saturated heterocycles. The highest BCUT2D eigenvalue weighted by Crippen LogP contribution is 2.29. The van der Waals surface area contributed by atoms with Crippen LogP contribution in [0.15, 0.2) is 77.7 Å². The minimum absolute atomic E-state index is 0.00511. The Morgan fingerprint density at radius 3 is 2.24 bits per heavy atom. The molecule has 170 valence electrons. The fourth-order valence-corrected chi connectivity index (χ4v) is 4.53. The van der Waals surface area contributed by atoms with Crippen LogP contribution in [0.1, 0.15) is 26.3 Å². The Hall–Kier alpha value is -3.52. The van der Waals surface area contributed by atoms with Gasteiger partial charge >= 0.3 is 0 Å². The third-order valence-corrected chi connectivity index (χ3v) is 6.47. The topological polar surface area (TPSA) is 71.1 Å². The quantitative estimate of drug-likeness (QED) is 0.359. The summed E-state index contributed by atoms with van der Waals surface area (Å²) in [6, 6.07) is 18.7. The third-order valence-electron chi connectivity index (χ3n) is 5.12. The van der Waals surface area contributed by atoms with Gasteiger partial charge in [0.25, 0.3) is 10.0 Å². The van der Waals surface area contributed by atoms with Gasteiger partial charge in [0.05, 0.1) is 16.1 Å². The van der Waals surface area contributed by atoms with Gasteiger partial charge < -0.3 is 5.32 Å². The van der Waals surface area contributed by atoms with Crippen molar-refractivity contribution in [1.82, 2.24) is 4.98 Å². The van der Waals surface area contributed by atoms with E-state index in [2.05, 4.69) is 47.9 Å². The molecule has 0 bridgehead atoms. The van der Waals surface area contributed by atoms with Gasteiger partial charge in [-0.15, -0.1) is 0 Å². The minimum atomic E-state index is -4.20. The Morgan fingerprint density at radius 1 is 0.848 bits per heavy atom. The van der Waals surface area contributed by atoms with Crippen LogP contribution >= 0.6 is 0 Å². The summed E-state index contributed by atoms with van der Waals surface area (Å²) in [5.74, 6) is -1.34. The van der Waals surface area contributed by atoms with Crippen molar-refractivity contribution < 1.29 is 17.2 Å². The highest BCUT2D eigenvalue weighted by atomic mass is 32.2. The second kappa shape index (κ2) is 8.44. The summed E-state index contributed by atoms with van der Waals surface area (Å²) in [5.41, 5.74) is 2.88. The zero-order chi connectivity index (χ0) is 23.8. The van der Waals surface area contributed by atoms with Crippen molar-refractivity contribution in [1.29, 1.82) is 0 Å². The number of fused-ring (bicyclic) bond motifs is 1. The van der Waals surface area contributed by atoms with Crippen LogP contribution in [-0.2, 0) is 15.4 Å². The van der Waals surface area contributed by atoms with E-state index < -0.39 is 26.6 Å². The number of aromatic nitrogens is 1. The summed E-state index contributed by atoms with van der Waals surface area (Å²) in [6.45, 7) is 6.42. The van der Waals surface area contributed by atoms with Gasteiger partial charge in [0.15, 0.2) is 0 Å². The van der Waals surface area contributed by atoms with Crippen LogP contribution in [0, 0.1) is 11.6 Å². The molecule has 0 aliphatic rings. The second-order valence-corrected chi connectivity index (χ2v) is 10.4. The molecule has 0 atom stereocenters. The molecule has 8 heteroatoms. The van der Waals surface area contributed by atoms with E-state index in [0.717, 1.165) is 17.8 Å². The van der Waals surface area contributed by atoms with E-state index in [4.69, 9.17) is 0 Å². The maximum atomic E-state index is 13.5. The summed E-state index contributed by atoms with van der Waals surface area (Å²) < 4.78 is 54.8. The predicted octanol–water partition coefficient (Wildman–Crippen LogP) is 6.35. The van der Waals surface area contributed by atoms with E-state index in [-0.39, 0.29) is 11.1 Å². The SMILES string of the molecule is CC(C)(C)c1cccc(Nc2ccc3c(NS(=O)(=O)c4cc(F)cc(F)c4)cccc3n2)c1. The zero-order valence-corrected chi connectivity index (χ0v) is 19.2. The number of nitrogens with one attached hydrogen (secondary N) is 2. The van der Waals surface area contributed by atoms with Crippen molar-refractivity contribution >= 4 is 38.1 Å². The van der Waals surface area contributed by atoms with Crippen LogP contribution in [0.4, 0.5) is 26.0 Å². The molecule has 1 aromatic heterocycles. The molecular formula is C25H23F2N3O2S. The minimum Gasteiger partial charge on any atom is -0.340 e. The molecule has 0 amide bonds. The normalized spacial score (nSPS) is 12.0. The fraction of sp³-hybridized carbons (Fsp3) is 0.160. The largest absolute Gasteiger partial charge is 0.340 e. The predicted molar refractivity (Wildman–Crippen MR) is 127 cm³/mol. The fourth-order valence-electron chi connectivity index (χ4n) is 3.41. The van der Waals surface area contributed by atoms with Gasteiger partial charge in [0.2, 0.25) is 0 Å². The summed E-state index contributed by atoms with van der Waals surface area (Å²) >= 11 is 0. The molecule has 1 heterocycles. The van der Waals surface area contributed by atoms with Crippen LogP contribution in [0.3, 0.4) is 0 Å². The molecule has 0 aliphatic heterocycles. The number of pyridine rings is 1. The lowest BCUT2D eigenvalue weighted by Crippen LogP contribution is -2.14. The molecular weight excluding hydrogens is 444 g/mol. The number of anilines is 3. The van der Waals surface area contributed by atoms with E-state index in [1.807, 2.05) is 12.1 Å². The Kier molecular flexibility index (Phi) is 5.80. The molecule has 0 unspecified atom stereocenters. The molecule has 2 N–H and O–H groups in total. The van der Waals surface area contributed by atoms with E-state index in [1.165, 1.54) is 5.56 Å². The van der Waals surface area contributed by atoms with Crippen LogP contribution < -0.4 is 10.0 Å². The van der Waals surface area contributed by atoms with Gasteiger partial charge in [0.1, 0.15) is 17.5 Å². The Bertz CT molecular complexity index is 1430. The highest BCUT2D eigenvalue weighted by molar-refractivity contribution is 7.92. The molecule has 0 aliphatic carbocycles. The smallest absolute Gasteiger partial charge is 0.262 e. The molecule has 4 aromatic rings. The van der Waals surface area contributed by atoms with Crippen molar-refractivity contribution in [3.05, 3.63) is 90.0 Å². The number of sulfonamides is 1. The number of rotatable bonds is 5. The van der Waals surface area contributed by atoms with E-state index in [1.54, 1.807) is 30.3 Å². The standard InChI is InChI=1S/C25H23F2N3O2S/c1-25(2,3)16-6-4-7-19(12-16)28-24-11-10-21-22(29-24)8-5-9-23(21)30-33(31,32)20-14-17(26)13-18(27)15-20/h4-15,30H,1-3H3,(H,28,29). The Balaban J connectivity index is 1.64. The van der Waals surface area contributed by atoms with Gasteiger partial charge in [-0.2, -0.15) is 0 Å². The number of halogens is 2. The van der Waals surface area contributed by atoms with Crippen LogP contribution in [0.2, 0.25) is 0 Å². The van der Waals surface area contributed by atoms with Crippen molar-refractivity contribution in [3.8, 4) is 0 Å². The number of hydrogen-bond donors (Lipinski definition) is 2. The zero-order valence-electron chi connectivity index (χ0n) is 18.4. The van der Waals surface area contributed by atoms with Crippen molar-refractivity contribution in [2.45, 2.75) is 31.1 Å². The van der Waals surface area contributed by atoms with E-state index in [9.17, 15) is 17.2 Å². The molecule has 0 fully saturated rings. The molecule has 0 spiro atoms. The van der Waals surface area contributed by atoms with Gasteiger partial charge in [-0.3, -0.25) is 4.72 Å². The Morgan fingerprint density at radius 2 is 1.55 bits per heavy atom. The van der Waals surface area contributed by atoms with E-state index in [0.29, 0.717) is 22.8 Å².